The number of aryl methyl sites for hydroxylation is 1. The molecule has 8 heteroatoms. The summed E-state index contributed by atoms with van der Waals surface area (Å²) in [6, 6.07) is 1.66. The first kappa shape index (κ1) is 17.0. The maximum Gasteiger partial charge on any atom is 0.317 e. The summed E-state index contributed by atoms with van der Waals surface area (Å²) in [5, 5.41) is 11.8. The first-order chi connectivity index (χ1) is 10.8. The number of rotatable bonds is 7. The minimum absolute atomic E-state index is 0.0155. The minimum Gasteiger partial charge on any atom is -0.480 e. The Morgan fingerprint density at radius 1 is 1.43 bits per heavy atom. The van der Waals surface area contributed by atoms with Crippen LogP contribution in [0.15, 0.2) is 12.3 Å². The second-order valence-corrected chi connectivity index (χ2v) is 5.84. The van der Waals surface area contributed by atoms with Gasteiger partial charge in [0.1, 0.15) is 5.69 Å². The summed E-state index contributed by atoms with van der Waals surface area (Å²) in [7, 11) is 1.68. The van der Waals surface area contributed by atoms with Crippen LogP contribution in [0.2, 0.25) is 0 Å². The maximum absolute atomic E-state index is 12.2. The van der Waals surface area contributed by atoms with Crippen LogP contribution in [0.3, 0.4) is 0 Å². The second-order valence-electron chi connectivity index (χ2n) is 5.84. The highest BCUT2D eigenvalue weighted by Gasteiger charge is 2.35. The summed E-state index contributed by atoms with van der Waals surface area (Å²) in [4.78, 5) is 36.1. The van der Waals surface area contributed by atoms with Gasteiger partial charge < -0.3 is 20.7 Å². The van der Waals surface area contributed by atoms with Crippen LogP contribution in [-0.2, 0) is 11.8 Å². The number of carboxylic acid groups (broad SMARTS) is 1. The van der Waals surface area contributed by atoms with E-state index < -0.39 is 11.9 Å². The molecule has 1 saturated carbocycles. The molecule has 0 saturated heterocycles. The molecule has 0 bridgehead atoms. The van der Waals surface area contributed by atoms with Crippen LogP contribution in [-0.4, -0.2) is 57.5 Å². The molecule has 1 aliphatic rings. The number of carbonyl (C=O) groups is 3. The van der Waals surface area contributed by atoms with Gasteiger partial charge in [0.05, 0.1) is 12.1 Å². The van der Waals surface area contributed by atoms with E-state index in [2.05, 4.69) is 5.32 Å². The Kier molecular flexibility index (Phi) is 5.05. The largest absolute Gasteiger partial charge is 0.480 e. The van der Waals surface area contributed by atoms with Gasteiger partial charge in [0.2, 0.25) is 5.91 Å². The van der Waals surface area contributed by atoms with E-state index in [1.807, 2.05) is 11.8 Å². The Morgan fingerprint density at radius 2 is 2.09 bits per heavy atom. The molecule has 0 atom stereocenters. The Hall–Kier alpha value is -2.35. The van der Waals surface area contributed by atoms with E-state index in [1.54, 1.807) is 11.6 Å². The topological polar surface area (TPSA) is 118 Å². The van der Waals surface area contributed by atoms with Gasteiger partial charge in [-0.15, -0.1) is 0 Å². The lowest BCUT2D eigenvalue weighted by Gasteiger charge is -2.42. The zero-order chi connectivity index (χ0) is 17.1. The number of nitrogens with zero attached hydrogens (tertiary/aromatic N) is 2. The van der Waals surface area contributed by atoms with Gasteiger partial charge in [-0.05, 0) is 25.5 Å². The molecule has 0 radical (unpaired) electrons. The Bertz CT molecular complexity index is 619. The molecule has 1 heterocycles. The molecule has 23 heavy (non-hydrogen) atoms. The second kappa shape index (κ2) is 6.82. The van der Waals surface area contributed by atoms with Crippen molar-refractivity contribution < 1.29 is 19.5 Å². The van der Waals surface area contributed by atoms with E-state index in [0.717, 1.165) is 12.8 Å². The highest BCUT2D eigenvalue weighted by atomic mass is 16.4. The minimum atomic E-state index is -0.845. The molecular weight excluding hydrogens is 300 g/mol. The molecule has 1 aromatic rings. The van der Waals surface area contributed by atoms with Crippen molar-refractivity contribution in [3.05, 3.63) is 23.5 Å². The quantitative estimate of drug-likeness (QED) is 0.642. The number of hydrogen-bond donors (Lipinski definition) is 3. The molecule has 1 fully saturated rings. The first-order valence-corrected chi connectivity index (χ1v) is 7.54. The molecule has 0 unspecified atom stereocenters. The summed E-state index contributed by atoms with van der Waals surface area (Å²) in [6.45, 7) is 2.60. The van der Waals surface area contributed by atoms with E-state index in [-0.39, 0.29) is 24.5 Å². The van der Waals surface area contributed by atoms with Crippen molar-refractivity contribution in [3.8, 4) is 0 Å². The summed E-state index contributed by atoms with van der Waals surface area (Å²) in [6.07, 6.45) is 2.96. The van der Waals surface area contributed by atoms with Crippen molar-refractivity contribution in [2.75, 3.05) is 13.1 Å². The van der Waals surface area contributed by atoms with Crippen LogP contribution >= 0.6 is 0 Å². The zero-order valence-corrected chi connectivity index (χ0v) is 13.3. The number of nitrogens with one attached hydrogen (secondary N) is 1. The van der Waals surface area contributed by atoms with Gasteiger partial charge in [0.25, 0.3) is 5.91 Å². The van der Waals surface area contributed by atoms with E-state index in [0.29, 0.717) is 17.8 Å². The molecule has 0 spiro atoms. The number of primary amides is 1. The first-order valence-electron chi connectivity index (χ1n) is 7.54. The van der Waals surface area contributed by atoms with Gasteiger partial charge in [-0.2, -0.15) is 0 Å². The van der Waals surface area contributed by atoms with Crippen molar-refractivity contribution in [1.82, 2.24) is 14.8 Å². The molecular formula is C15H22N4O4. The predicted molar refractivity (Wildman–Crippen MR) is 83.1 cm³/mol. The standard InChI is InChI=1S/C15H22N4O4/c1-3-19(8-13(20)21)11-5-10(6-11)17-15(23)12-4-9(14(16)22)7-18(12)2/h4,7,10-11H,3,5-6,8H2,1-2H3,(H2,16,22)(H,17,23)(H,20,21). The van der Waals surface area contributed by atoms with Crippen molar-refractivity contribution >= 4 is 17.8 Å². The summed E-state index contributed by atoms with van der Waals surface area (Å²) in [5.74, 6) is -1.68. The molecule has 0 aliphatic heterocycles. The third-order valence-corrected chi connectivity index (χ3v) is 4.23. The Balaban J connectivity index is 1.89. The van der Waals surface area contributed by atoms with Crippen LogP contribution in [0.5, 0.6) is 0 Å². The van der Waals surface area contributed by atoms with Crippen LogP contribution in [0.4, 0.5) is 0 Å². The maximum atomic E-state index is 12.2. The van der Waals surface area contributed by atoms with Gasteiger partial charge in [0.15, 0.2) is 0 Å². The average molecular weight is 322 g/mol. The molecule has 1 aromatic heterocycles. The van der Waals surface area contributed by atoms with Crippen LogP contribution in [0, 0.1) is 0 Å². The Morgan fingerprint density at radius 3 is 2.57 bits per heavy atom. The number of aliphatic carboxylic acids is 1. The van der Waals surface area contributed by atoms with Gasteiger partial charge in [-0.25, -0.2) is 0 Å². The number of aromatic nitrogens is 1. The van der Waals surface area contributed by atoms with Crippen molar-refractivity contribution in [2.24, 2.45) is 12.8 Å². The van der Waals surface area contributed by atoms with Crippen LogP contribution in [0.25, 0.3) is 0 Å². The van der Waals surface area contributed by atoms with Crippen molar-refractivity contribution in [2.45, 2.75) is 31.8 Å². The summed E-state index contributed by atoms with van der Waals surface area (Å²) in [5.41, 5.74) is 5.87. The third kappa shape index (κ3) is 3.89. The SMILES string of the molecule is CCN(CC(=O)O)C1CC(NC(=O)c2cc(C(N)=O)cn2C)C1. The number of likely N-dealkylation sites (N-methyl/N-ethyl adjacent to an activating group) is 1. The fraction of sp³-hybridized carbons (Fsp3) is 0.533. The molecule has 2 amide bonds. The smallest absolute Gasteiger partial charge is 0.317 e. The van der Waals surface area contributed by atoms with Gasteiger partial charge in [0, 0.05) is 25.3 Å². The fourth-order valence-corrected chi connectivity index (χ4v) is 2.86. The van der Waals surface area contributed by atoms with Crippen LogP contribution in [0.1, 0.15) is 40.6 Å². The summed E-state index contributed by atoms with van der Waals surface area (Å²) >= 11 is 0. The lowest BCUT2D eigenvalue weighted by Crippen LogP contribution is -2.54. The van der Waals surface area contributed by atoms with E-state index >= 15 is 0 Å². The number of amides is 2. The van der Waals surface area contributed by atoms with E-state index in [9.17, 15) is 14.4 Å². The lowest BCUT2D eigenvalue weighted by molar-refractivity contribution is -0.139. The van der Waals surface area contributed by atoms with Gasteiger partial charge in [-0.3, -0.25) is 19.3 Å². The van der Waals surface area contributed by atoms with Crippen molar-refractivity contribution in [1.29, 1.82) is 0 Å². The molecule has 1 aliphatic carbocycles. The fourth-order valence-electron chi connectivity index (χ4n) is 2.86. The van der Waals surface area contributed by atoms with E-state index in [1.165, 1.54) is 12.3 Å². The molecule has 126 valence electrons. The number of carbonyl (C=O) groups excluding carboxylic acids is 2. The predicted octanol–water partition coefficient (Wildman–Crippen LogP) is -0.209. The Labute approximate surface area is 134 Å². The van der Waals surface area contributed by atoms with E-state index in [4.69, 9.17) is 10.8 Å². The monoisotopic (exact) mass is 322 g/mol. The molecule has 0 aromatic carbocycles. The van der Waals surface area contributed by atoms with Gasteiger partial charge in [-0.1, -0.05) is 6.92 Å². The number of hydrogen-bond acceptors (Lipinski definition) is 4. The molecule has 8 nitrogen and oxygen atoms in total. The molecule has 4 N–H and O–H groups in total. The highest BCUT2D eigenvalue weighted by Crippen LogP contribution is 2.26. The number of nitrogens with two attached hydrogens (primary N) is 1. The van der Waals surface area contributed by atoms with Gasteiger partial charge >= 0.3 is 5.97 Å². The normalized spacial score (nSPS) is 20.1. The molecule has 2 rings (SSSR count). The van der Waals surface area contributed by atoms with Crippen LogP contribution < -0.4 is 11.1 Å². The third-order valence-electron chi connectivity index (χ3n) is 4.23. The summed E-state index contributed by atoms with van der Waals surface area (Å²) < 4.78 is 1.56. The zero-order valence-electron chi connectivity index (χ0n) is 13.3. The highest BCUT2D eigenvalue weighted by molar-refractivity contribution is 5.98. The van der Waals surface area contributed by atoms with Crippen molar-refractivity contribution in [3.63, 3.8) is 0 Å². The number of carboxylic acids is 1. The lowest BCUT2D eigenvalue weighted by atomic mass is 9.85. The average Bonchev–Trinajstić information content (AvgIpc) is 2.82.